The zero-order chi connectivity index (χ0) is 35.2. The summed E-state index contributed by atoms with van der Waals surface area (Å²) in [4.78, 5) is 0. The molecule has 0 aromatic rings. The Kier molecular flexibility index (Phi) is 46.9. The molecule has 0 aliphatic rings. The first-order chi connectivity index (χ1) is 24.4. The maximum atomic E-state index is 5.59. The Morgan fingerprint density at radius 2 is 0.449 bits per heavy atom. The lowest BCUT2D eigenvalue weighted by atomic mass is 10.1. The summed E-state index contributed by atoms with van der Waals surface area (Å²) >= 11 is 0. The van der Waals surface area contributed by atoms with E-state index < -0.39 is 0 Å². The van der Waals surface area contributed by atoms with Gasteiger partial charge in [-0.2, -0.15) is 0 Å². The molecule has 0 aliphatic carbocycles. The van der Waals surface area contributed by atoms with Crippen molar-refractivity contribution in [2.75, 3.05) is 185 Å². The van der Waals surface area contributed by atoms with Gasteiger partial charge in [-0.05, 0) is 13.5 Å². The Balaban J connectivity index is 3.04. The molecule has 49 heavy (non-hydrogen) atoms. The lowest BCUT2D eigenvalue weighted by Crippen LogP contribution is -2.17. The second-order valence-corrected chi connectivity index (χ2v) is 10.8. The fourth-order valence-corrected chi connectivity index (χ4v) is 3.90. The maximum Gasteiger partial charge on any atom is 0.0701 e. The lowest BCUT2D eigenvalue weighted by Gasteiger charge is -2.09. The van der Waals surface area contributed by atoms with Crippen LogP contribution in [0.5, 0.6) is 0 Å². The standard InChI is InChI=1S/C35H73NO13/c1-3-4-5-6-7-8-10-37-12-14-39-16-18-41-20-22-43-24-26-45-28-30-47-32-34-49-35-33-48-31-29-46-27-25-44-23-21-42-19-17-40-15-13-38-11-9-36-2/h36H,3-35H2,1-2H3. The summed E-state index contributed by atoms with van der Waals surface area (Å²) in [5.74, 6) is 0. The normalized spacial score (nSPS) is 11.6. The first-order valence-corrected chi connectivity index (χ1v) is 18.6. The summed E-state index contributed by atoms with van der Waals surface area (Å²) in [5, 5.41) is 3.02. The minimum Gasteiger partial charge on any atom is -0.379 e. The number of hydrogen-bond donors (Lipinski definition) is 1. The van der Waals surface area contributed by atoms with E-state index in [4.69, 9.17) is 61.6 Å². The molecular formula is C35H73NO13. The Hall–Kier alpha value is -0.560. The van der Waals surface area contributed by atoms with E-state index >= 15 is 0 Å². The molecule has 0 bridgehead atoms. The minimum absolute atomic E-state index is 0.515. The van der Waals surface area contributed by atoms with E-state index in [-0.39, 0.29) is 0 Å². The van der Waals surface area contributed by atoms with Crippen LogP contribution in [0, 0.1) is 0 Å². The highest BCUT2D eigenvalue weighted by molar-refractivity contribution is 4.44. The van der Waals surface area contributed by atoms with Gasteiger partial charge >= 0.3 is 0 Å². The Morgan fingerprint density at radius 1 is 0.245 bits per heavy atom. The molecule has 0 heterocycles. The van der Waals surface area contributed by atoms with Crippen molar-refractivity contribution in [2.45, 2.75) is 45.4 Å². The van der Waals surface area contributed by atoms with Gasteiger partial charge in [0.2, 0.25) is 0 Å². The molecule has 0 saturated carbocycles. The highest BCUT2D eigenvalue weighted by Gasteiger charge is 1.97. The van der Waals surface area contributed by atoms with Crippen LogP contribution in [0.15, 0.2) is 0 Å². The zero-order valence-electron chi connectivity index (χ0n) is 31.1. The van der Waals surface area contributed by atoms with Crippen molar-refractivity contribution < 1.29 is 61.6 Å². The van der Waals surface area contributed by atoms with Gasteiger partial charge in [0.15, 0.2) is 0 Å². The van der Waals surface area contributed by atoms with E-state index in [1.54, 1.807) is 0 Å². The van der Waals surface area contributed by atoms with Gasteiger partial charge in [0, 0.05) is 13.2 Å². The third-order valence-corrected chi connectivity index (χ3v) is 6.60. The summed E-state index contributed by atoms with van der Waals surface area (Å²) in [7, 11) is 1.90. The van der Waals surface area contributed by atoms with E-state index in [1.807, 2.05) is 7.05 Å². The predicted octanol–water partition coefficient (Wildman–Crippen LogP) is 2.78. The highest BCUT2D eigenvalue weighted by atomic mass is 16.6. The predicted molar refractivity (Wildman–Crippen MR) is 188 cm³/mol. The number of rotatable bonds is 46. The molecule has 0 aromatic carbocycles. The summed E-state index contributed by atoms with van der Waals surface area (Å²) < 4.78 is 71.3. The Morgan fingerprint density at radius 3 is 0.694 bits per heavy atom. The molecule has 0 radical (unpaired) electrons. The first-order valence-electron chi connectivity index (χ1n) is 18.6. The van der Waals surface area contributed by atoms with Gasteiger partial charge in [0.05, 0.1) is 165 Å². The second-order valence-electron chi connectivity index (χ2n) is 10.8. The van der Waals surface area contributed by atoms with Crippen LogP contribution in [0.2, 0.25) is 0 Å². The lowest BCUT2D eigenvalue weighted by molar-refractivity contribution is -0.0290. The Labute approximate surface area is 297 Å². The molecule has 0 aliphatic heterocycles. The molecule has 0 spiro atoms. The average Bonchev–Trinajstić information content (AvgIpc) is 3.11. The molecule has 14 nitrogen and oxygen atoms in total. The number of ether oxygens (including phenoxy) is 13. The molecule has 1 N–H and O–H groups in total. The third-order valence-electron chi connectivity index (χ3n) is 6.60. The highest BCUT2D eigenvalue weighted by Crippen LogP contribution is 2.04. The summed E-state index contributed by atoms with van der Waals surface area (Å²) in [6.45, 7) is 17.6. The van der Waals surface area contributed by atoms with Crippen LogP contribution >= 0.6 is 0 Å². The summed E-state index contributed by atoms with van der Waals surface area (Å²) in [6.07, 6.45) is 7.68. The second kappa shape index (κ2) is 47.4. The zero-order valence-corrected chi connectivity index (χ0v) is 31.1. The van der Waals surface area contributed by atoms with Crippen molar-refractivity contribution in [3.8, 4) is 0 Å². The fraction of sp³-hybridized carbons (Fsp3) is 1.00. The summed E-state index contributed by atoms with van der Waals surface area (Å²) in [6, 6.07) is 0. The number of unbranched alkanes of at least 4 members (excludes halogenated alkanes) is 5. The number of nitrogens with one attached hydrogen (secondary N) is 1. The molecule has 0 saturated heterocycles. The molecule has 0 aromatic heterocycles. The van der Waals surface area contributed by atoms with Crippen molar-refractivity contribution in [3.05, 3.63) is 0 Å². The fourth-order valence-electron chi connectivity index (χ4n) is 3.90. The van der Waals surface area contributed by atoms with Crippen LogP contribution in [-0.4, -0.2) is 185 Å². The van der Waals surface area contributed by atoms with E-state index in [1.165, 1.54) is 32.1 Å². The molecule has 296 valence electrons. The summed E-state index contributed by atoms with van der Waals surface area (Å²) in [5.41, 5.74) is 0. The average molecular weight is 716 g/mol. The van der Waals surface area contributed by atoms with Crippen molar-refractivity contribution >= 4 is 0 Å². The third kappa shape index (κ3) is 47.4. The molecule has 14 heteroatoms. The van der Waals surface area contributed by atoms with E-state index in [2.05, 4.69) is 12.2 Å². The van der Waals surface area contributed by atoms with Crippen molar-refractivity contribution in [1.82, 2.24) is 5.32 Å². The topological polar surface area (TPSA) is 132 Å². The van der Waals surface area contributed by atoms with Gasteiger partial charge in [-0.3, -0.25) is 0 Å². The van der Waals surface area contributed by atoms with Crippen LogP contribution in [0.25, 0.3) is 0 Å². The van der Waals surface area contributed by atoms with Gasteiger partial charge in [0.1, 0.15) is 0 Å². The van der Waals surface area contributed by atoms with Gasteiger partial charge in [-0.15, -0.1) is 0 Å². The van der Waals surface area contributed by atoms with Gasteiger partial charge in [-0.25, -0.2) is 0 Å². The maximum absolute atomic E-state index is 5.59. The molecule has 0 atom stereocenters. The van der Waals surface area contributed by atoms with Gasteiger partial charge in [-0.1, -0.05) is 39.0 Å². The quantitative estimate of drug-likeness (QED) is 0.0927. The van der Waals surface area contributed by atoms with E-state index in [9.17, 15) is 0 Å². The number of likely N-dealkylation sites (N-methyl/N-ethyl adjacent to an activating group) is 1. The molecule has 0 unspecified atom stereocenters. The molecule has 0 amide bonds. The van der Waals surface area contributed by atoms with Gasteiger partial charge < -0.3 is 66.9 Å². The van der Waals surface area contributed by atoms with Crippen molar-refractivity contribution in [1.29, 1.82) is 0 Å². The van der Waals surface area contributed by atoms with Crippen LogP contribution in [0.4, 0.5) is 0 Å². The Bertz CT molecular complexity index is 524. The molecule has 0 rings (SSSR count). The van der Waals surface area contributed by atoms with Crippen LogP contribution < -0.4 is 5.32 Å². The smallest absolute Gasteiger partial charge is 0.0701 e. The van der Waals surface area contributed by atoms with Crippen LogP contribution in [-0.2, 0) is 61.6 Å². The molecule has 0 fully saturated rings. The monoisotopic (exact) mass is 716 g/mol. The van der Waals surface area contributed by atoms with Crippen molar-refractivity contribution in [3.63, 3.8) is 0 Å². The first kappa shape index (κ1) is 48.4. The van der Waals surface area contributed by atoms with Crippen molar-refractivity contribution in [2.24, 2.45) is 0 Å². The van der Waals surface area contributed by atoms with Crippen LogP contribution in [0.3, 0.4) is 0 Å². The largest absolute Gasteiger partial charge is 0.379 e. The van der Waals surface area contributed by atoms with Crippen LogP contribution in [0.1, 0.15) is 45.4 Å². The number of hydrogen-bond acceptors (Lipinski definition) is 14. The van der Waals surface area contributed by atoms with Gasteiger partial charge in [0.25, 0.3) is 0 Å². The van der Waals surface area contributed by atoms with E-state index in [0.29, 0.717) is 165 Å². The SMILES string of the molecule is CCCCCCCCOCCOCCOCCOCCOCCOCCOCCOCCOCCOCCOCCOCCOCCNC. The molecular weight excluding hydrogens is 642 g/mol. The minimum atomic E-state index is 0.515. The van der Waals surface area contributed by atoms with E-state index in [0.717, 1.165) is 19.6 Å².